The molecular formula is C11H11NOSe. The third-order valence-corrected chi connectivity index (χ3v) is 3.98. The average molecular weight is 252 g/mol. The summed E-state index contributed by atoms with van der Waals surface area (Å²) in [4.78, 5) is 4.38. The van der Waals surface area contributed by atoms with Crippen LogP contribution >= 0.6 is 0 Å². The average Bonchev–Trinajstić information content (AvgIpc) is 2.65. The van der Waals surface area contributed by atoms with E-state index in [4.69, 9.17) is 4.74 Å². The Hall–Kier alpha value is -1.05. The molecule has 0 aliphatic rings. The molecule has 72 valence electrons. The molecule has 0 atom stereocenters. The van der Waals surface area contributed by atoms with E-state index in [2.05, 4.69) is 24.0 Å². The van der Waals surface area contributed by atoms with Crippen molar-refractivity contribution in [2.45, 2.75) is 6.92 Å². The molecule has 1 aromatic carbocycles. The normalized spacial score (nSPS) is 10.1. The van der Waals surface area contributed by atoms with Crippen LogP contribution in [0.1, 0.15) is 4.44 Å². The molecule has 1 aromatic heterocycles. The van der Waals surface area contributed by atoms with E-state index in [1.807, 2.05) is 18.3 Å². The monoisotopic (exact) mass is 253 g/mol. The van der Waals surface area contributed by atoms with E-state index >= 15 is 0 Å². The Balaban J connectivity index is 2.33. The van der Waals surface area contributed by atoms with Crippen LogP contribution in [0.3, 0.4) is 0 Å². The minimum absolute atomic E-state index is 0.411. The molecule has 0 unspecified atom stereocenters. The molecule has 1 heterocycles. The van der Waals surface area contributed by atoms with Gasteiger partial charge in [-0.15, -0.1) is 0 Å². The number of rotatable bonds is 2. The molecule has 0 radical (unpaired) electrons. The van der Waals surface area contributed by atoms with Crippen LogP contribution in [0.15, 0.2) is 30.5 Å². The van der Waals surface area contributed by atoms with Crippen molar-refractivity contribution in [3.8, 4) is 15.9 Å². The van der Waals surface area contributed by atoms with Gasteiger partial charge in [0.2, 0.25) is 0 Å². The Bertz CT molecular complexity index is 419. The first-order valence-corrected chi connectivity index (χ1v) is 6.08. The van der Waals surface area contributed by atoms with Gasteiger partial charge in [-0.2, -0.15) is 0 Å². The Labute approximate surface area is 89.3 Å². The van der Waals surface area contributed by atoms with E-state index in [0.29, 0.717) is 14.5 Å². The third kappa shape index (κ3) is 1.89. The molecule has 0 aliphatic heterocycles. The predicted octanol–water partition coefficient (Wildman–Crippen LogP) is 2.12. The summed E-state index contributed by atoms with van der Waals surface area (Å²) >= 11 is 0.411. The van der Waals surface area contributed by atoms with Crippen molar-refractivity contribution in [2.75, 3.05) is 7.11 Å². The second kappa shape index (κ2) is 3.99. The minimum atomic E-state index is 0.411. The number of ether oxygens (including phenoxy) is 1. The Morgan fingerprint density at radius 1 is 1.21 bits per heavy atom. The Morgan fingerprint density at radius 2 is 1.93 bits per heavy atom. The van der Waals surface area contributed by atoms with E-state index in [9.17, 15) is 0 Å². The summed E-state index contributed by atoms with van der Waals surface area (Å²) in [6.07, 6.45) is 1.96. The zero-order valence-electron chi connectivity index (χ0n) is 8.15. The van der Waals surface area contributed by atoms with E-state index in [1.165, 1.54) is 14.6 Å². The number of aryl methyl sites for hydroxylation is 1. The van der Waals surface area contributed by atoms with Gasteiger partial charge in [0.1, 0.15) is 0 Å². The van der Waals surface area contributed by atoms with Gasteiger partial charge in [0, 0.05) is 0 Å². The zero-order chi connectivity index (χ0) is 9.97. The first-order chi connectivity index (χ1) is 6.79. The maximum atomic E-state index is 5.11. The summed E-state index contributed by atoms with van der Waals surface area (Å²) in [5.41, 5.74) is 1.21. The maximum absolute atomic E-state index is 5.11. The van der Waals surface area contributed by atoms with Gasteiger partial charge in [-0.3, -0.25) is 0 Å². The first kappa shape index (κ1) is 9.50. The topological polar surface area (TPSA) is 22.1 Å². The van der Waals surface area contributed by atoms with Crippen molar-refractivity contribution >= 4 is 14.5 Å². The SMILES string of the molecule is COc1ccc(-c2ncc(C)[se]2)cc1. The Morgan fingerprint density at radius 3 is 2.43 bits per heavy atom. The number of methoxy groups -OCH3 is 1. The van der Waals surface area contributed by atoms with Crippen molar-refractivity contribution in [2.24, 2.45) is 0 Å². The molecule has 0 saturated heterocycles. The second-order valence-corrected chi connectivity index (χ2v) is 5.60. The van der Waals surface area contributed by atoms with Gasteiger partial charge in [0.15, 0.2) is 0 Å². The van der Waals surface area contributed by atoms with Crippen LogP contribution in [0.4, 0.5) is 0 Å². The van der Waals surface area contributed by atoms with Crippen LogP contribution in [0.2, 0.25) is 0 Å². The van der Waals surface area contributed by atoms with Crippen LogP contribution in [-0.2, 0) is 0 Å². The van der Waals surface area contributed by atoms with E-state index in [1.54, 1.807) is 7.11 Å². The molecule has 3 heteroatoms. The van der Waals surface area contributed by atoms with Crippen molar-refractivity contribution in [3.05, 3.63) is 34.9 Å². The summed E-state index contributed by atoms with van der Waals surface area (Å²) in [5, 5.41) is 0. The van der Waals surface area contributed by atoms with Gasteiger partial charge in [-0.25, -0.2) is 0 Å². The van der Waals surface area contributed by atoms with Crippen molar-refractivity contribution in [1.82, 2.24) is 4.98 Å². The molecule has 14 heavy (non-hydrogen) atoms. The standard InChI is InChI=1S/C11H11NOSe/c1-8-7-12-11(14-8)9-3-5-10(13-2)6-4-9/h3-7H,1-2H3. The number of benzene rings is 1. The van der Waals surface area contributed by atoms with Crippen LogP contribution in [0, 0.1) is 6.92 Å². The summed E-state index contributed by atoms with van der Waals surface area (Å²) in [6.45, 7) is 2.13. The van der Waals surface area contributed by atoms with E-state index in [0.717, 1.165) is 5.75 Å². The molecule has 2 nitrogen and oxygen atoms in total. The zero-order valence-corrected chi connectivity index (χ0v) is 9.86. The number of hydrogen-bond donors (Lipinski definition) is 0. The predicted molar refractivity (Wildman–Crippen MR) is 57.9 cm³/mol. The van der Waals surface area contributed by atoms with E-state index in [-0.39, 0.29) is 0 Å². The molecule has 0 fully saturated rings. The summed E-state index contributed by atoms with van der Waals surface area (Å²) < 4.78 is 7.69. The molecule has 0 aliphatic carbocycles. The van der Waals surface area contributed by atoms with Gasteiger partial charge >= 0.3 is 89.0 Å². The molecule has 2 aromatic rings. The van der Waals surface area contributed by atoms with Gasteiger partial charge < -0.3 is 0 Å². The fourth-order valence-corrected chi connectivity index (χ4v) is 2.84. The number of hydrogen-bond acceptors (Lipinski definition) is 2. The molecular weight excluding hydrogens is 241 g/mol. The second-order valence-electron chi connectivity index (χ2n) is 3.00. The van der Waals surface area contributed by atoms with Gasteiger partial charge in [-0.05, 0) is 0 Å². The molecule has 0 amide bonds. The van der Waals surface area contributed by atoms with Gasteiger partial charge in [0.25, 0.3) is 0 Å². The van der Waals surface area contributed by atoms with Gasteiger partial charge in [-0.1, -0.05) is 0 Å². The molecule has 2 rings (SSSR count). The summed E-state index contributed by atoms with van der Waals surface area (Å²) in [5.74, 6) is 0.893. The van der Waals surface area contributed by atoms with Crippen LogP contribution < -0.4 is 4.74 Å². The fourth-order valence-electron chi connectivity index (χ4n) is 1.22. The van der Waals surface area contributed by atoms with Gasteiger partial charge in [0.05, 0.1) is 0 Å². The van der Waals surface area contributed by atoms with Crippen LogP contribution in [-0.4, -0.2) is 26.6 Å². The summed E-state index contributed by atoms with van der Waals surface area (Å²) in [7, 11) is 1.68. The van der Waals surface area contributed by atoms with Crippen LogP contribution in [0.25, 0.3) is 10.1 Å². The van der Waals surface area contributed by atoms with Crippen molar-refractivity contribution < 1.29 is 4.74 Å². The Kier molecular flexibility index (Phi) is 2.71. The third-order valence-electron chi connectivity index (χ3n) is 1.96. The molecule has 0 bridgehead atoms. The first-order valence-electron chi connectivity index (χ1n) is 4.36. The van der Waals surface area contributed by atoms with E-state index < -0.39 is 0 Å². The van der Waals surface area contributed by atoms with Crippen LogP contribution in [0.5, 0.6) is 5.75 Å². The molecule has 0 spiro atoms. The number of aromatic nitrogens is 1. The fraction of sp³-hybridized carbons (Fsp3) is 0.182. The molecule has 0 saturated carbocycles. The molecule has 0 N–H and O–H groups in total. The number of nitrogens with zero attached hydrogens (tertiary/aromatic N) is 1. The van der Waals surface area contributed by atoms with Crippen molar-refractivity contribution in [1.29, 1.82) is 0 Å². The summed E-state index contributed by atoms with van der Waals surface area (Å²) in [6, 6.07) is 8.07. The quantitative estimate of drug-likeness (QED) is 0.764. The van der Waals surface area contributed by atoms with Crippen molar-refractivity contribution in [3.63, 3.8) is 0 Å².